The van der Waals surface area contributed by atoms with Gasteiger partial charge in [0.1, 0.15) is 5.75 Å². The van der Waals surface area contributed by atoms with Crippen molar-refractivity contribution in [1.29, 1.82) is 0 Å². The first-order chi connectivity index (χ1) is 7.79. The Hall–Kier alpha value is -1.62. The average molecular weight is 233 g/mol. The van der Waals surface area contributed by atoms with Crippen molar-refractivity contribution in [1.82, 2.24) is 15.2 Å². The van der Waals surface area contributed by atoms with Crippen molar-refractivity contribution in [2.45, 2.75) is 12.1 Å². The zero-order valence-corrected chi connectivity index (χ0v) is 9.61. The third-order valence-electron chi connectivity index (χ3n) is 1.98. The summed E-state index contributed by atoms with van der Waals surface area (Å²) in [5.74, 6) is 1.16. The van der Waals surface area contributed by atoms with E-state index in [2.05, 4.69) is 15.2 Å². The molecule has 5 heteroatoms. The first-order valence-corrected chi connectivity index (χ1v) is 5.90. The Morgan fingerprint density at radius 1 is 1.25 bits per heavy atom. The molecule has 2 rings (SSSR count). The summed E-state index contributed by atoms with van der Waals surface area (Å²) in [7, 11) is 0. The normalized spacial score (nSPS) is 10.3. The third kappa shape index (κ3) is 2.49. The van der Waals surface area contributed by atoms with Crippen molar-refractivity contribution in [2.75, 3.05) is 5.75 Å². The number of aromatic hydroxyl groups is 1. The van der Waals surface area contributed by atoms with Crippen LogP contribution in [-0.4, -0.2) is 26.0 Å². The fourth-order valence-corrected chi connectivity index (χ4v) is 1.77. The van der Waals surface area contributed by atoms with Crippen molar-refractivity contribution in [3.63, 3.8) is 0 Å². The molecule has 0 saturated heterocycles. The molecule has 0 radical (unpaired) electrons. The monoisotopic (exact) mass is 233 g/mol. The number of nitrogens with zero attached hydrogens (tertiary/aromatic N) is 3. The van der Waals surface area contributed by atoms with Crippen molar-refractivity contribution in [2.24, 2.45) is 0 Å². The van der Waals surface area contributed by atoms with Gasteiger partial charge in [-0.05, 0) is 30.0 Å². The Morgan fingerprint density at radius 2 is 2.00 bits per heavy atom. The molecule has 82 valence electrons. The van der Waals surface area contributed by atoms with Crippen LogP contribution in [0.15, 0.2) is 35.6 Å². The van der Waals surface area contributed by atoms with Gasteiger partial charge in [0.15, 0.2) is 0 Å². The Labute approximate surface area is 97.8 Å². The minimum atomic E-state index is 0.244. The maximum absolute atomic E-state index is 9.19. The SMILES string of the molecule is CCSc1nncc(-c2ccc(O)cc2)n1. The second-order valence-corrected chi connectivity index (χ2v) is 4.34. The maximum atomic E-state index is 9.19. The van der Waals surface area contributed by atoms with Crippen LogP contribution in [0.4, 0.5) is 0 Å². The molecule has 0 unspecified atom stereocenters. The number of hydrogen-bond donors (Lipinski definition) is 1. The lowest BCUT2D eigenvalue weighted by Gasteiger charge is -2.01. The summed E-state index contributed by atoms with van der Waals surface area (Å²) in [6.07, 6.45) is 1.62. The standard InChI is InChI=1S/C11H11N3OS/c1-2-16-11-13-10(7-12-14-11)8-3-5-9(15)6-4-8/h3-7,15H,2H2,1H3. The highest BCUT2D eigenvalue weighted by Crippen LogP contribution is 2.21. The summed E-state index contributed by atoms with van der Waals surface area (Å²) in [4.78, 5) is 4.37. The Balaban J connectivity index is 2.32. The Morgan fingerprint density at radius 3 is 2.69 bits per heavy atom. The van der Waals surface area contributed by atoms with Gasteiger partial charge < -0.3 is 5.11 Å². The van der Waals surface area contributed by atoms with Crippen LogP contribution in [0.3, 0.4) is 0 Å². The van der Waals surface area contributed by atoms with Crippen molar-refractivity contribution >= 4 is 11.8 Å². The highest BCUT2D eigenvalue weighted by atomic mass is 32.2. The van der Waals surface area contributed by atoms with Gasteiger partial charge in [-0.15, -0.1) is 5.10 Å². The minimum absolute atomic E-state index is 0.244. The number of benzene rings is 1. The number of hydrogen-bond acceptors (Lipinski definition) is 5. The molecular formula is C11H11N3OS. The summed E-state index contributed by atoms with van der Waals surface area (Å²) in [5, 5.41) is 17.7. The van der Waals surface area contributed by atoms with Gasteiger partial charge in [-0.1, -0.05) is 18.7 Å². The average Bonchev–Trinajstić information content (AvgIpc) is 2.31. The summed E-state index contributed by atoms with van der Waals surface area (Å²) >= 11 is 1.55. The molecule has 1 N–H and O–H groups in total. The van der Waals surface area contributed by atoms with Crippen LogP contribution in [-0.2, 0) is 0 Å². The van der Waals surface area contributed by atoms with Gasteiger partial charge in [0.25, 0.3) is 0 Å². The smallest absolute Gasteiger partial charge is 0.209 e. The van der Waals surface area contributed by atoms with Crippen LogP contribution in [0, 0.1) is 0 Å². The molecule has 16 heavy (non-hydrogen) atoms. The quantitative estimate of drug-likeness (QED) is 0.825. The minimum Gasteiger partial charge on any atom is -0.508 e. The van der Waals surface area contributed by atoms with Gasteiger partial charge in [0.05, 0.1) is 11.9 Å². The molecule has 0 saturated carbocycles. The van der Waals surface area contributed by atoms with Crippen LogP contribution in [0.5, 0.6) is 5.75 Å². The first kappa shape index (κ1) is 10.9. The van der Waals surface area contributed by atoms with E-state index in [0.717, 1.165) is 17.0 Å². The summed E-state index contributed by atoms with van der Waals surface area (Å²) in [6, 6.07) is 6.87. The summed E-state index contributed by atoms with van der Waals surface area (Å²) in [6.45, 7) is 2.04. The van der Waals surface area contributed by atoms with E-state index < -0.39 is 0 Å². The van der Waals surface area contributed by atoms with Crippen molar-refractivity contribution in [3.8, 4) is 17.0 Å². The molecule has 1 aromatic heterocycles. The van der Waals surface area contributed by atoms with Gasteiger partial charge in [-0.2, -0.15) is 5.10 Å². The topological polar surface area (TPSA) is 58.9 Å². The zero-order valence-electron chi connectivity index (χ0n) is 8.79. The van der Waals surface area contributed by atoms with E-state index in [9.17, 15) is 5.11 Å². The molecule has 0 amide bonds. The van der Waals surface area contributed by atoms with Gasteiger partial charge in [0.2, 0.25) is 5.16 Å². The van der Waals surface area contributed by atoms with Crippen LogP contribution >= 0.6 is 11.8 Å². The molecular weight excluding hydrogens is 222 g/mol. The number of phenolic OH excluding ortho intramolecular Hbond substituents is 1. The molecule has 1 heterocycles. The molecule has 0 bridgehead atoms. The van der Waals surface area contributed by atoms with E-state index in [-0.39, 0.29) is 5.75 Å². The number of aromatic nitrogens is 3. The van der Waals surface area contributed by atoms with E-state index in [0.29, 0.717) is 5.16 Å². The molecule has 0 aliphatic rings. The molecule has 1 aromatic carbocycles. The van der Waals surface area contributed by atoms with E-state index >= 15 is 0 Å². The molecule has 0 aliphatic heterocycles. The maximum Gasteiger partial charge on any atom is 0.209 e. The van der Waals surface area contributed by atoms with Gasteiger partial charge >= 0.3 is 0 Å². The van der Waals surface area contributed by atoms with Gasteiger partial charge in [-0.3, -0.25) is 0 Å². The fourth-order valence-electron chi connectivity index (χ4n) is 1.25. The predicted molar refractivity (Wildman–Crippen MR) is 63.3 cm³/mol. The van der Waals surface area contributed by atoms with Crippen LogP contribution < -0.4 is 0 Å². The molecule has 2 aromatic rings. The lowest BCUT2D eigenvalue weighted by atomic mass is 10.1. The molecule has 0 atom stereocenters. The first-order valence-electron chi connectivity index (χ1n) is 4.91. The highest BCUT2D eigenvalue weighted by molar-refractivity contribution is 7.99. The van der Waals surface area contributed by atoms with E-state index in [1.165, 1.54) is 0 Å². The van der Waals surface area contributed by atoms with Crippen molar-refractivity contribution in [3.05, 3.63) is 30.5 Å². The van der Waals surface area contributed by atoms with Gasteiger partial charge in [0, 0.05) is 5.56 Å². The second-order valence-electron chi connectivity index (χ2n) is 3.10. The lowest BCUT2D eigenvalue weighted by Crippen LogP contribution is -1.93. The molecule has 0 spiro atoms. The summed E-state index contributed by atoms with van der Waals surface area (Å²) < 4.78 is 0. The molecule has 0 aliphatic carbocycles. The zero-order chi connectivity index (χ0) is 11.4. The largest absolute Gasteiger partial charge is 0.508 e. The predicted octanol–water partition coefficient (Wildman–Crippen LogP) is 2.36. The fraction of sp³-hybridized carbons (Fsp3) is 0.182. The third-order valence-corrected chi connectivity index (χ3v) is 2.70. The van der Waals surface area contributed by atoms with Crippen LogP contribution in [0.25, 0.3) is 11.3 Å². The number of phenols is 1. The number of rotatable bonds is 3. The Kier molecular flexibility index (Phi) is 3.36. The Bertz CT molecular complexity index is 473. The van der Waals surface area contributed by atoms with Gasteiger partial charge in [-0.25, -0.2) is 4.98 Å². The molecule has 0 fully saturated rings. The van der Waals surface area contributed by atoms with E-state index in [1.807, 2.05) is 6.92 Å². The van der Waals surface area contributed by atoms with E-state index in [1.54, 1.807) is 42.2 Å². The van der Waals surface area contributed by atoms with E-state index in [4.69, 9.17) is 0 Å². The highest BCUT2D eigenvalue weighted by Gasteiger charge is 2.03. The summed E-state index contributed by atoms with van der Waals surface area (Å²) in [5.41, 5.74) is 1.69. The molecule has 4 nitrogen and oxygen atoms in total. The van der Waals surface area contributed by atoms with Crippen LogP contribution in [0.1, 0.15) is 6.92 Å². The number of thioether (sulfide) groups is 1. The van der Waals surface area contributed by atoms with Crippen LogP contribution in [0.2, 0.25) is 0 Å². The van der Waals surface area contributed by atoms with Crippen molar-refractivity contribution < 1.29 is 5.11 Å². The second kappa shape index (κ2) is 4.94. The lowest BCUT2D eigenvalue weighted by molar-refractivity contribution is 0.475.